The van der Waals surface area contributed by atoms with Crippen molar-refractivity contribution in [2.75, 3.05) is 6.61 Å². The highest BCUT2D eigenvalue weighted by atomic mass is 79.9. The minimum atomic E-state index is -1.00. The smallest absolute Gasteiger partial charge is 0.398 e. The number of halogens is 2. The van der Waals surface area contributed by atoms with E-state index in [0.29, 0.717) is 18.6 Å². The molecule has 1 aromatic rings. The summed E-state index contributed by atoms with van der Waals surface area (Å²) in [7, 11) is -1.00. The Hall–Kier alpha value is -0.685. The lowest BCUT2D eigenvalue weighted by Crippen LogP contribution is -2.41. The molecule has 1 aliphatic rings. The van der Waals surface area contributed by atoms with Gasteiger partial charge in [-0.1, -0.05) is 28.1 Å². The van der Waals surface area contributed by atoms with E-state index < -0.39 is 18.3 Å². The van der Waals surface area contributed by atoms with Crippen molar-refractivity contribution in [3.8, 4) is 0 Å². The van der Waals surface area contributed by atoms with Crippen molar-refractivity contribution < 1.29 is 18.4 Å². The van der Waals surface area contributed by atoms with Gasteiger partial charge in [0.1, 0.15) is 5.73 Å². The highest BCUT2D eigenvalue weighted by molar-refractivity contribution is 9.10. The summed E-state index contributed by atoms with van der Waals surface area (Å²) < 4.78 is 33.6. The van der Waals surface area contributed by atoms with E-state index in [-0.39, 0.29) is 11.8 Å². The summed E-state index contributed by atoms with van der Waals surface area (Å²) in [6, 6.07) is 7.59. The summed E-state index contributed by atoms with van der Waals surface area (Å²) >= 11 is 3.45. The third kappa shape index (κ3) is 4.94. The molecule has 0 amide bonds. The first kappa shape index (κ1) is 20.6. The predicted molar refractivity (Wildman–Crippen MR) is 104 cm³/mol. The quantitative estimate of drug-likeness (QED) is 0.571. The van der Waals surface area contributed by atoms with Crippen molar-refractivity contribution in [2.24, 2.45) is 0 Å². The Balaban J connectivity index is 2.34. The molecule has 0 aliphatic carbocycles. The first-order chi connectivity index (χ1) is 11.5. The summed E-state index contributed by atoms with van der Waals surface area (Å²) in [5, 5.41) is 0. The predicted octanol–water partition coefficient (Wildman–Crippen LogP) is 5.58. The van der Waals surface area contributed by atoms with E-state index in [1.54, 1.807) is 0 Å². The zero-order chi connectivity index (χ0) is 18.8. The fourth-order valence-electron chi connectivity index (χ4n) is 2.56. The zero-order valence-electron chi connectivity index (χ0n) is 15.9. The highest BCUT2D eigenvalue weighted by Crippen LogP contribution is 2.40. The van der Waals surface area contributed by atoms with Crippen LogP contribution in [0.5, 0.6) is 0 Å². The average molecular weight is 413 g/mol. The van der Waals surface area contributed by atoms with Gasteiger partial charge in [-0.25, -0.2) is 4.39 Å². The van der Waals surface area contributed by atoms with E-state index in [9.17, 15) is 0 Å². The topological polar surface area (TPSA) is 27.7 Å². The molecule has 6 heteroatoms. The van der Waals surface area contributed by atoms with Crippen LogP contribution in [0.15, 0.2) is 34.5 Å². The molecule has 0 radical (unpaired) electrons. The second-order valence-corrected chi connectivity index (χ2v) is 8.51. The molecular formula is C19H27BBrFO3. The SMILES string of the molecule is CC(C)OCCC(=C(F)B1OC(C)(C)C(C)(C)O1)c1cccc(Br)c1. The van der Waals surface area contributed by atoms with Gasteiger partial charge in [-0.05, 0) is 71.2 Å². The van der Waals surface area contributed by atoms with E-state index in [2.05, 4.69) is 15.9 Å². The molecule has 1 aliphatic heterocycles. The molecule has 0 aromatic heterocycles. The molecule has 1 saturated heterocycles. The molecule has 25 heavy (non-hydrogen) atoms. The van der Waals surface area contributed by atoms with E-state index in [1.165, 1.54) is 0 Å². The van der Waals surface area contributed by atoms with Crippen LogP contribution in [-0.2, 0) is 14.0 Å². The average Bonchev–Trinajstić information content (AvgIpc) is 2.71. The van der Waals surface area contributed by atoms with Crippen LogP contribution in [0.1, 0.15) is 53.5 Å². The van der Waals surface area contributed by atoms with Crippen LogP contribution in [0.2, 0.25) is 0 Å². The Bertz CT molecular complexity index is 627. The first-order valence-electron chi connectivity index (χ1n) is 8.65. The van der Waals surface area contributed by atoms with Crippen LogP contribution < -0.4 is 0 Å². The first-order valence-corrected chi connectivity index (χ1v) is 9.44. The van der Waals surface area contributed by atoms with Crippen LogP contribution in [0, 0.1) is 0 Å². The fourth-order valence-corrected chi connectivity index (χ4v) is 2.96. The van der Waals surface area contributed by atoms with Crippen molar-refractivity contribution in [2.45, 2.75) is 65.3 Å². The van der Waals surface area contributed by atoms with Gasteiger partial charge in [0.2, 0.25) is 0 Å². The van der Waals surface area contributed by atoms with Gasteiger partial charge in [-0.15, -0.1) is 0 Å². The Kier molecular flexibility index (Phi) is 6.52. The number of rotatable bonds is 6. The Morgan fingerprint density at radius 1 is 1.20 bits per heavy atom. The van der Waals surface area contributed by atoms with Crippen LogP contribution >= 0.6 is 15.9 Å². The second-order valence-electron chi connectivity index (χ2n) is 7.59. The van der Waals surface area contributed by atoms with Gasteiger partial charge in [0.25, 0.3) is 0 Å². The zero-order valence-corrected chi connectivity index (χ0v) is 17.4. The minimum absolute atomic E-state index is 0.101. The van der Waals surface area contributed by atoms with E-state index >= 15 is 4.39 Å². The number of hydrogen-bond donors (Lipinski definition) is 0. The molecule has 1 aromatic carbocycles. The summed E-state index contributed by atoms with van der Waals surface area (Å²) in [6.45, 7) is 12.0. The third-order valence-electron chi connectivity index (χ3n) is 4.72. The largest absolute Gasteiger partial charge is 0.525 e. The van der Waals surface area contributed by atoms with Crippen LogP contribution in [0.3, 0.4) is 0 Å². The van der Waals surface area contributed by atoms with Crippen molar-refractivity contribution in [1.29, 1.82) is 0 Å². The van der Waals surface area contributed by atoms with Crippen LogP contribution in [0.4, 0.5) is 4.39 Å². The van der Waals surface area contributed by atoms with Gasteiger partial charge >= 0.3 is 7.12 Å². The second kappa shape index (κ2) is 7.91. The van der Waals surface area contributed by atoms with E-state index in [0.717, 1.165) is 10.0 Å². The Labute approximate surface area is 159 Å². The van der Waals surface area contributed by atoms with Crippen molar-refractivity contribution in [3.05, 3.63) is 40.0 Å². The van der Waals surface area contributed by atoms with Crippen LogP contribution in [-0.4, -0.2) is 31.0 Å². The Morgan fingerprint density at radius 3 is 2.32 bits per heavy atom. The van der Waals surface area contributed by atoms with Gasteiger partial charge in [0.05, 0.1) is 23.9 Å². The van der Waals surface area contributed by atoms with Crippen molar-refractivity contribution in [1.82, 2.24) is 0 Å². The molecule has 0 spiro atoms. The van der Waals surface area contributed by atoms with Crippen molar-refractivity contribution in [3.63, 3.8) is 0 Å². The maximum absolute atomic E-state index is 15.4. The molecule has 0 N–H and O–H groups in total. The maximum atomic E-state index is 15.4. The van der Waals surface area contributed by atoms with E-state index in [4.69, 9.17) is 14.0 Å². The normalized spacial score (nSPS) is 20.1. The van der Waals surface area contributed by atoms with Gasteiger partial charge in [-0.3, -0.25) is 0 Å². The fraction of sp³-hybridized carbons (Fsp3) is 0.579. The lowest BCUT2D eigenvalue weighted by atomic mass is 9.82. The monoisotopic (exact) mass is 412 g/mol. The van der Waals surface area contributed by atoms with Gasteiger partial charge in [0.15, 0.2) is 0 Å². The summed E-state index contributed by atoms with van der Waals surface area (Å²) in [5.74, 6) is 0. The molecular weight excluding hydrogens is 386 g/mol. The molecule has 0 unspecified atom stereocenters. The summed E-state index contributed by atoms with van der Waals surface area (Å²) in [4.78, 5) is 0. The van der Waals surface area contributed by atoms with Gasteiger partial charge in [0, 0.05) is 4.47 Å². The molecule has 1 heterocycles. The summed E-state index contributed by atoms with van der Waals surface area (Å²) in [6.07, 6.45) is 0.550. The number of hydrogen-bond acceptors (Lipinski definition) is 3. The van der Waals surface area contributed by atoms with E-state index in [1.807, 2.05) is 65.8 Å². The lowest BCUT2D eigenvalue weighted by Gasteiger charge is -2.32. The van der Waals surface area contributed by atoms with Crippen molar-refractivity contribution >= 4 is 28.6 Å². The lowest BCUT2D eigenvalue weighted by molar-refractivity contribution is 0.00578. The maximum Gasteiger partial charge on any atom is 0.525 e. The summed E-state index contributed by atoms with van der Waals surface area (Å²) in [5.41, 5.74) is -0.184. The standard InChI is InChI=1S/C19H27BBrFO3/c1-13(2)23-11-10-16(14-8-7-9-15(21)12-14)17(22)20-24-18(3,4)19(5,6)25-20/h7-9,12-13H,10-11H2,1-6H3. The third-order valence-corrected chi connectivity index (χ3v) is 5.22. The van der Waals surface area contributed by atoms with Gasteiger partial charge < -0.3 is 14.0 Å². The highest BCUT2D eigenvalue weighted by Gasteiger charge is 2.53. The molecule has 0 atom stereocenters. The number of benzene rings is 1. The van der Waals surface area contributed by atoms with Crippen LogP contribution in [0.25, 0.3) is 5.57 Å². The molecule has 138 valence electrons. The molecule has 2 rings (SSSR count). The van der Waals surface area contributed by atoms with Gasteiger partial charge in [-0.2, -0.15) is 0 Å². The Morgan fingerprint density at radius 2 is 1.80 bits per heavy atom. The molecule has 1 fully saturated rings. The molecule has 3 nitrogen and oxygen atoms in total. The minimum Gasteiger partial charge on any atom is -0.398 e. The molecule has 0 saturated carbocycles. The molecule has 0 bridgehead atoms. The number of ether oxygens (including phenoxy) is 1.